The van der Waals surface area contributed by atoms with Crippen molar-refractivity contribution in [1.82, 2.24) is 14.1 Å². The van der Waals surface area contributed by atoms with Gasteiger partial charge in [-0.05, 0) is 78.3 Å². The Hall–Kier alpha value is -3.59. The summed E-state index contributed by atoms with van der Waals surface area (Å²) in [4.78, 5) is 16.8. The van der Waals surface area contributed by atoms with Crippen molar-refractivity contribution in [3.8, 4) is 16.9 Å². The van der Waals surface area contributed by atoms with Gasteiger partial charge in [-0.25, -0.2) is 17.2 Å². The van der Waals surface area contributed by atoms with Crippen LogP contribution in [-0.2, 0) is 27.5 Å². The molecule has 6 rings (SSSR count). The number of likely N-dealkylation sites (tertiary alicyclic amines) is 1. The minimum absolute atomic E-state index is 0.0155. The second-order valence-electron chi connectivity index (χ2n) is 13.8. The van der Waals surface area contributed by atoms with Crippen LogP contribution in [0.5, 0.6) is 5.75 Å². The molecule has 0 spiro atoms. The van der Waals surface area contributed by atoms with E-state index in [1.807, 2.05) is 17.0 Å². The first-order valence-corrected chi connectivity index (χ1v) is 18.8. The summed E-state index contributed by atoms with van der Waals surface area (Å²) in [6.45, 7) is 0.175. The number of rotatable bonds is 9. The molecule has 1 amide bonds. The van der Waals surface area contributed by atoms with Crippen molar-refractivity contribution in [3.05, 3.63) is 83.9 Å². The van der Waals surface area contributed by atoms with Gasteiger partial charge < -0.3 is 15.4 Å². The molecule has 2 heterocycles. The van der Waals surface area contributed by atoms with Crippen LogP contribution in [0.4, 0.5) is 22.0 Å². The van der Waals surface area contributed by atoms with Crippen molar-refractivity contribution in [1.29, 1.82) is 0 Å². The molecule has 3 aromatic carbocycles. The van der Waals surface area contributed by atoms with Gasteiger partial charge >= 0.3 is 6.18 Å². The van der Waals surface area contributed by atoms with Crippen LogP contribution < -0.4 is 10.5 Å². The third-order valence-corrected chi connectivity index (χ3v) is 12.1. The van der Waals surface area contributed by atoms with Gasteiger partial charge in [0.05, 0.1) is 29.7 Å². The van der Waals surface area contributed by atoms with Crippen molar-refractivity contribution in [2.45, 2.75) is 74.1 Å². The van der Waals surface area contributed by atoms with Crippen LogP contribution in [0.2, 0.25) is 0 Å². The fourth-order valence-electron chi connectivity index (χ4n) is 7.13. The molecule has 1 aliphatic carbocycles. The van der Waals surface area contributed by atoms with Crippen molar-refractivity contribution < 1.29 is 39.9 Å². The summed E-state index contributed by atoms with van der Waals surface area (Å²) in [5.41, 5.74) is 7.04. The highest BCUT2D eigenvalue weighted by Gasteiger charge is 2.48. The van der Waals surface area contributed by atoms with E-state index >= 15 is 0 Å². The monoisotopic (exact) mass is 734 g/mol. The molecule has 14 heteroatoms. The molecule has 8 nitrogen and oxygen atoms in total. The van der Waals surface area contributed by atoms with E-state index in [1.165, 1.54) is 43.5 Å². The van der Waals surface area contributed by atoms with Gasteiger partial charge in [-0.2, -0.15) is 17.5 Å². The summed E-state index contributed by atoms with van der Waals surface area (Å²) in [5, 5.41) is 0. The molecule has 0 aromatic heterocycles. The van der Waals surface area contributed by atoms with Crippen molar-refractivity contribution in [2.24, 2.45) is 11.7 Å². The Kier molecular flexibility index (Phi) is 11.1. The SMILES string of the molecule is N[C@H]1CCN(C(=O)[C@@H]2CN(Cc3ccc(-c4ccc(C(F)(F)F)cc4)cc3)CCN2S(=O)(=O)c2ccc(OCC3CCCCC3)cc2)CC1(F)F. The smallest absolute Gasteiger partial charge is 0.416 e. The average Bonchev–Trinajstić information content (AvgIpc) is 3.12. The summed E-state index contributed by atoms with van der Waals surface area (Å²) in [7, 11) is -4.21. The second-order valence-corrected chi connectivity index (χ2v) is 15.7. The highest BCUT2D eigenvalue weighted by molar-refractivity contribution is 7.89. The molecule has 2 saturated heterocycles. The van der Waals surface area contributed by atoms with E-state index in [0.29, 0.717) is 35.9 Å². The number of hydrogen-bond donors (Lipinski definition) is 1. The Labute approximate surface area is 295 Å². The van der Waals surface area contributed by atoms with Crippen LogP contribution in [0.1, 0.15) is 49.7 Å². The van der Waals surface area contributed by atoms with Gasteiger partial charge in [-0.15, -0.1) is 0 Å². The van der Waals surface area contributed by atoms with Gasteiger partial charge in [0.1, 0.15) is 11.8 Å². The molecule has 2 aliphatic heterocycles. The van der Waals surface area contributed by atoms with E-state index in [2.05, 4.69) is 0 Å². The molecule has 3 fully saturated rings. The quantitative estimate of drug-likeness (QED) is 0.256. The van der Waals surface area contributed by atoms with E-state index in [4.69, 9.17) is 10.5 Å². The summed E-state index contributed by atoms with van der Waals surface area (Å²) in [5.74, 6) is -3.00. The molecule has 0 bridgehead atoms. The van der Waals surface area contributed by atoms with Gasteiger partial charge in [0, 0.05) is 32.7 Å². The van der Waals surface area contributed by atoms with Crippen LogP contribution in [-0.4, -0.2) is 85.8 Å². The van der Waals surface area contributed by atoms with Crippen LogP contribution in [0, 0.1) is 5.92 Å². The Balaban J connectivity index is 1.17. The number of carbonyl (C=O) groups excluding carboxylic acids is 1. The lowest BCUT2D eigenvalue weighted by atomic mass is 9.90. The van der Waals surface area contributed by atoms with E-state index in [9.17, 15) is 35.2 Å². The van der Waals surface area contributed by atoms with Crippen LogP contribution in [0.15, 0.2) is 77.7 Å². The number of halogens is 5. The number of amides is 1. The maximum absolute atomic E-state index is 14.7. The normalized spacial score (nSPS) is 22.5. The predicted molar refractivity (Wildman–Crippen MR) is 182 cm³/mol. The predicted octanol–water partition coefficient (Wildman–Crippen LogP) is 6.40. The number of ether oxygens (including phenoxy) is 1. The number of hydrogen-bond acceptors (Lipinski definition) is 6. The first kappa shape index (κ1) is 37.2. The standard InChI is InChI=1S/C37H43F5N4O4S/c38-36(39)25-45(19-18-34(36)43)35(47)33-23-44(22-26-6-8-28(9-7-26)29-10-12-30(13-11-29)37(40,41)42)20-21-46(33)51(48,49)32-16-14-31(15-17-32)50-24-27-4-2-1-3-5-27/h6-17,27,33-34H,1-5,18-25,43H2/t33-,34-/m0/s1. The molecule has 3 aromatic rings. The largest absolute Gasteiger partial charge is 0.493 e. The summed E-state index contributed by atoms with van der Waals surface area (Å²) in [6.07, 6.45) is 1.26. The van der Waals surface area contributed by atoms with Crippen LogP contribution in [0.25, 0.3) is 11.1 Å². The molecule has 3 aliphatic rings. The molecule has 51 heavy (non-hydrogen) atoms. The number of sulfonamides is 1. The lowest BCUT2D eigenvalue weighted by molar-refractivity contribution is -0.149. The number of benzene rings is 3. The zero-order chi connectivity index (χ0) is 36.4. The van der Waals surface area contributed by atoms with Crippen LogP contribution in [0.3, 0.4) is 0 Å². The van der Waals surface area contributed by atoms with Crippen molar-refractivity contribution in [3.63, 3.8) is 0 Å². The number of nitrogens with two attached hydrogens (primary N) is 1. The van der Waals surface area contributed by atoms with E-state index in [-0.39, 0.29) is 37.5 Å². The Bertz CT molecular complexity index is 1750. The molecule has 1 saturated carbocycles. The van der Waals surface area contributed by atoms with Gasteiger partial charge in [0.25, 0.3) is 5.92 Å². The Morgan fingerprint density at radius 1 is 0.843 bits per heavy atom. The first-order chi connectivity index (χ1) is 24.2. The summed E-state index contributed by atoms with van der Waals surface area (Å²) in [6, 6.07) is 15.5. The maximum atomic E-state index is 14.7. The van der Waals surface area contributed by atoms with E-state index in [1.54, 1.807) is 24.3 Å². The highest BCUT2D eigenvalue weighted by Crippen LogP contribution is 2.33. The molecule has 276 valence electrons. The number of nitrogens with zero attached hydrogens (tertiary/aromatic N) is 3. The third kappa shape index (κ3) is 8.73. The Morgan fingerprint density at radius 3 is 2.08 bits per heavy atom. The molecule has 2 atom stereocenters. The summed E-state index contributed by atoms with van der Waals surface area (Å²) < 4.78 is 103. The minimum Gasteiger partial charge on any atom is -0.493 e. The lowest BCUT2D eigenvalue weighted by Crippen LogP contribution is -2.64. The molecule has 0 unspecified atom stereocenters. The highest BCUT2D eigenvalue weighted by atomic mass is 32.2. The van der Waals surface area contributed by atoms with Gasteiger partial charge in [-0.3, -0.25) is 9.69 Å². The summed E-state index contributed by atoms with van der Waals surface area (Å²) >= 11 is 0. The zero-order valence-corrected chi connectivity index (χ0v) is 29.0. The zero-order valence-electron chi connectivity index (χ0n) is 28.2. The van der Waals surface area contributed by atoms with E-state index < -0.39 is 52.2 Å². The minimum atomic E-state index is -4.43. The van der Waals surface area contributed by atoms with Gasteiger partial charge in [-0.1, -0.05) is 55.7 Å². The Morgan fingerprint density at radius 2 is 1.47 bits per heavy atom. The van der Waals surface area contributed by atoms with Crippen molar-refractivity contribution in [2.75, 3.05) is 39.3 Å². The average molecular weight is 735 g/mol. The molecular formula is C37H43F5N4O4S. The number of piperazine rings is 1. The third-order valence-electron chi connectivity index (χ3n) is 10.2. The fraction of sp³-hybridized carbons (Fsp3) is 0.486. The molecule has 0 radical (unpaired) electrons. The first-order valence-electron chi connectivity index (χ1n) is 17.4. The van der Waals surface area contributed by atoms with Crippen molar-refractivity contribution >= 4 is 15.9 Å². The van der Waals surface area contributed by atoms with Crippen LogP contribution >= 0.6 is 0 Å². The number of piperidine rings is 1. The van der Waals surface area contributed by atoms with Gasteiger partial charge in [0.2, 0.25) is 15.9 Å². The fourth-order valence-corrected chi connectivity index (χ4v) is 8.70. The number of alkyl halides is 5. The van der Waals surface area contributed by atoms with E-state index in [0.717, 1.165) is 39.7 Å². The molecule has 2 N–H and O–H groups in total. The lowest BCUT2D eigenvalue weighted by Gasteiger charge is -2.43. The maximum Gasteiger partial charge on any atom is 0.416 e. The topological polar surface area (TPSA) is 96.2 Å². The molecular weight excluding hydrogens is 691 g/mol. The number of carbonyl (C=O) groups is 1. The van der Waals surface area contributed by atoms with Gasteiger partial charge in [0.15, 0.2) is 0 Å². The second kappa shape index (κ2) is 15.2.